The third kappa shape index (κ3) is 6.77. The highest BCUT2D eigenvalue weighted by molar-refractivity contribution is 6.30. The van der Waals surface area contributed by atoms with Gasteiger partial charge in [0.15, 0.2) is 6.61 Å². The lowest BCUT2D eigenvalue weighted by Crippen LogP contribution is -2.53. The Morgan fingerprint density at radius 1 is 1.13 bits per heavy atom. The fraction of sp³-hybridized carbons (Fsp3) is 0.273. The maximum Gasteiger partial charge on any atom is 0.258 e. The van der Waals surface area contributed by atoms with Crippen molar-refractivity contribution >= 4 is 23.4 Å². The van der Waals surface area contributed by atoms with Crippen molar-refractivity contribution in [3.8, 4) is 5.75 Å². The van der Waals surface area contributed by atoms with Crippen LogP contribution in [-0.4, -0.2) is 30.6 Å². The van der Waals surface area contributed by atoms with Crippen LogP contribution in [0, 0.1) is 11.6 Å². The summed E-state index contributed by atoms with van der Waals surface area (Å²) in [6.45, 7) is 1.45. The van der Waals surface area contributed by atoms with E-state index in [4.69, 9.17) is 21.1 Å². The predicted octanol–water partition coefficient (Wildman–Crippen LogP) is 3.49. The Hall–Kier alpha value is -2.97. The van der Waals surface area contributed by atoms with Gasteiger partial charge in [0.25, 0.3) is 5.91 Å². The van der Waals surface area contributed by atoms with E-state index in [0.29, 0.717) is 17.7 Å². The quantitative estimate of drug-likeness (QED) is 0.613. The van der Waals surface area contributed by atoms with Gasteiger partial charge in [-0.3, -0.25) is 9.59 Å². The molecule has 2 aromatic carbocycles. The van der Waals surface area contributed by atoms with Gasteiger partial charge >= 0.3 is 0 Å². The number of amides is 2. The molecule has 164 valence electrons. The maximum absolute atomic E-state index is 13.4. The van der Waals surface area contributed by atoms with Crippen LogP contribution in [-0.2, 0) is 20.9 Å². The van der Waals surface area contributed by atoms with Crippen LogP contribution in [0.2, 0.25) is 5.02 Å². The summed E-state index contributed by atoms with van der Waals surface area (Å²) >= 11 is 5.60. The first kappa shape index (κ1) is 22.7. The van der Waals surface area contributed by atoms with E-state index in [-0.39, 0.29) is 42.3 Å². The smallest absolute Gasteiger partial charge is 0.258 e. The molecule has 0 radical (unpaired) electrons. The third-order valence-corrected chi connectivity index (χ3v) is 4.73. The van der Waals surface area contributed by atoms with Gasteiger partial charge in [0.2, 0.25) is 5.91 Å². The Kier molecular flexibility index (Phi) is 7.25. The summed E-state index contributed by atoms with van der Waals surface area (Å²) in [5.41, 5.74) is 0.661. The molecule has 0 bridgehead atoms. The number of hydrogen-bond acceptors (Lipinski definition) is 4. The molecule has 0 saturated heterocycles. The second-order valence-electron chi connectivity index (χ2n) is 7.35. The second kappa shape index (κ2) is 9.89. The van der Waals surface area contributed by atoms with Crippen molar-refractivity contribution in [2.45, 2.75) is 25.5 Å². The van der Waals surface area contributed by atoms with E-state index in [9.17, 15) is 18.4 Å². The third-order valence-electron chi connectivity index (χ3n) is 4.43. The Balaban J connectivity index is 1.37. The van der Waals surface area contributed by atoms with E-state index in [1.54, 1.807) is 25.1 Å². The Bertz CT molecular complexity index is 1010. The van der Waals surface area contributed by atoms with Gasteiger partial charge in [0.1, 0.15) is 24.0 Å². The van der Waals surface area contributed by atoms with Gasteiger partial charge in [-0.25, -0.2) is 8.78 Å². The Labute approximate surface area is 183 Å². The van der Waals surface area contributed by atoms with Gasteiger partial charge in [-0.05, 0) is 42.8 Å². The number of ether oxygens (including phenoxy) is 2. The molecule has 0 fully saturated rings. The number of benzene rings is 2. The zero-order chi connectivity index (χ0) is 22.4. The lowest BCUT2D eigenvalue weighted by molar-refractivity contribution is -0.125. The first-order valence-electron chi connectivity index (χ1n) is 9.45. The predicted molar refractivity (Wildman–Crippen MR) is 110 cm³/mol. The number of hydrogen-bond donors (Lipinski definition) is 2. The number of rotatable bonds is 9. The van der Waals surface area contributed by atoms with Crippen LogP contribution >= 0.6 is 11.6 Å². The zero-order valence-corrected chi connectivity index (χ0v) is 17.5. The summed E-state index contributed by atoms with van der Waals surface area (Å²) in [6, 6.07) is 9.86. The fourth-order valence-electron chi connectivity index (χ4n) is 3.09. The standard InChI is InChI=1S/C22H21ClF2N2O4/c1-22(27-21(29)13-31-17-5-6-18(23)19(25)8-17)9-16(10-22)26-20(28)12-30-11-14-3-2-4-15(24)7-14/h2-9H,10-13H2,1H3,(H,26,28)(H,27,29). The van der Waals surface area contributed by atoms with E-state index >= 15 is 0 Å². The highest BCUT2D eigenvalue weighted by atomic mass is 35.5. The number of halogens is 3. The van der Waals surface area contributed by atoms with Crippen LogP contribution in [0.5, 0.6) is 5.75 Å². The van der Waals surface area contributed by atoms with Gasteiger partial charge in [-0.15, -0.1) is 0 Å². The molecule has 0 heterocycles. The van der Waals surface area contributed by atoms with Gasteiger partial charge in [0, 0.05) is 18.2 Å². The van der Waals surface area contributed by atoms with Crippen molar-refractivity contribution in [1.29, 1.82) is 0 Å². The second-order valence-corrected chi connectivity index (χ2v) is 7.75. The van der Waals surface area contributed by atoms with Crippen molar-refractivity contribution in [3.63, 3.8) is 0 Å². The van der Waals surface area contributed by atoms with Gasteiger partial charge in [0.05, 0.1) is 17.2 Å². The Morgan fingerprint density at radius 2 is 1.90 bits per heavy atom. The molecular formula is C22H21ClF2N2O4. The van der Waals surface area contributed by atoms with Crippen LogP contribution in [0.3, 0.4) is 0 Å². The number of carbonyl (C=O) groups excluding carboxylic acids is 2. The SMILES string of the molecule is CC1(NC(=O)COc2ccc(Cl)c(F)c2)C=C(NC(=O)COCc2cccc(F)c2)C1. The molecule has 1 aliphatic carbocycles. The summed E-state index contributed by atoms with van der Waals surface area (Å²) in [6.07, 6.45) is 2.14. The molecule has 0 spiro atoms. The molecule has 2 N–H and O–H groups in total. The lowest BCUT2D eigenvalue weighted by atomic mass is 9.84. The van der Waals surface area contributed by atoms with E-state index in [1.165, 1.54) is 24.3 Å². The minimum atomic E-state index is -0.631. The van der Waals surface area contributed by atoms with Crippen molar-refractivity contribution in [2.24, 2.45) is 0 Å². The van der Waals surface area contributed by atoms with Crippen molar-refractivity contribution in [2.75, 3.05) is 13.2 Å². The average molecular weight is 451 g/mol. The molecular weight excluding hydrogens is 430 g/mol. The average Bonchev–Trinajstić information content (AvgIpc) is 2.68. The maximum atomic E-state index is 13.4. The van der Waals surface area contributed by atoms with Gasteiger partial charge in [-0.1, -0.05) is 23.7 Å². The molecule has 0 aromatic heterocycles. The van der Waals surface area contributed by atoms with Crippen molar-refractivity contribution in [1.82, 2.24) is 10.6 Å². The van der Waals surface area contributed by atoms with Crippen molar-refractivity contribution < 1.29 is 27.8 Å². The van der Waals surface area contributed by atoms with Crippen LogP contribution in [0.25, 0.3) is 0 Å². The van der Waals surface area contributed by atoms with E-state index < -0.39 is 17.3 Å². The number of carbonyl (C=O) groups is 2. The molecule has 6 nitrogen and oxygen atoms in total. The van der Waals surface area contributed by atoms with Gasteiger partial charge in [-0.2, -0.15) is 0 Å². The highest BCUT2D eigenvalue weighted by Crippen LogP contribution is 2.28. The van der Waals surface area contributed by atoms with Crippen LogP contribution < -0.4 is 15.4 Å². The summed E-state index contributed by atoms with van der Waals surface area (Å²) < 4.78 is 37.0. The molecule has 2 aromatic rings. The number of nitrogens with one attached hydrogen (secondary N) is 2. The topological polar surface area (TPSA) is 76.7 Å². The zero-order valence-electron chi connectivity index (χ0n) is 16.7. The largest absolute Gasteiger partial charge is 0.484 e. The minimum absolute atomic E-state index is 0.0298. The first-order valence-corrected chi connectivity index (χ1v) is 9.83. The normalized spacial score (nSPS) is 17.4. The molecule has 2 amide bonds. The Morgan fingerprint density at radius 3 is 2.61 bits per heavy atom. The van der Waals surface area contributed by atoms with E-state index in [0.717, 1.165) is 6.07 Å². The molecule has 1 atom stereocenters. The van der Waals surface area contributed by atoms with Crippen LogP contribution in [0.4, 0.5) is 8.78 Å². The summed E-state index contributed by atoms with van der Waals surface area (Å²) in [5, 5.41) is 5.45. The van der Waals surface area contributed by atoms with E-state index in [2.05, 4.69) is 10.6 Å². The molecule has 0 saturated carbocycles. The molecule has 9 heteroatoms. The molecule has 3 rings (SSSR count). The molecule has 31 heavy (non-hydrogen) atoms. The summed E-state index contributed by atoms with van der Waals surface area (Å²) in [7, 11) is 0. The van der Waals surface area contributed by atoms with Crippen LogP contribution in [0.1, 0.15) is 18.9 Å². The van der Waals surface area contributed by atoms with Gasteiger partial charge < -0.3 is 20.1 Å². The van der Waals surface area contributed by atoms with Crippen LogP contribution in [0.15, 0.2) is 54.2 Å². The molecule has 1 unspecified atom stereocenters. The first-order chi connectivity index (χ1) is 14.7. The van der Waals surface area contributed by atoms with E-state index in [1.807, 2.05) is 0 Å². The van der Waals surface area contributed by atoms with Crippen molar-refractivity contribution in [3.05, 3.63) is 76.5 Å². The summed E-state index contributed by atoms with van der Waals surface area (Å²) in [4.78, 5) is 24.0. The lowest BCUT2D eigenvalue weighted by Gasteiger charge is -2.37. The molecule has 1 aliphatic rings. The monoisotopic (exact) mass is 450 g/mol. The fourth-order valence-corrected chi connectivity index (χ4v) is 3.20. The highest BCUT2D eigenvalue weighted by Gasteiger charge is 2.34. The minimum Gasteiger partial charge on any atom is -0.484 e. The molecule has 0 aliphatic heterocycles. The summed E-state index contributed by atoms with van der Waals surface area (Å²) in [5.74, 6) is -1.54.